The molecule has 3 aliphatic heterocycles. The van der Waals surface area contributed by atoms with E-state index in [9.17, 15) is 19.2 Å². The highest BCUT2D eigenvalue weighted by atomic mass is 16.6. The molecule has 1 aromatic rings. The van der Waals surface area contributed by atoms with Gasteiger partial charge < -0.3 is 14.4 Å². The molecule has 1 unspecified atom stereocenters. The van der Waals surface area contributed by atoms with Gasteiger partial charge in [0.25, 0.3) is 5.91 Å². The first-order chi connectivity index (χ1) is 20.0. The molecule has 42 heavy (non-hydrogen) atoms. The first kappa shape index (κ1) is 30.8. The Morgan fingerprint density at radius 1 is 1.24 bits per heavy atom. The van der Waals surface area contributed by atoms with Gasteiger partial charge in [0.1, 0.15) is 17.9 Å². The number of ether oxygens (including phenoxy) is 2. The molecule has 2 atom stereocenters. The summed E-state index contributed by atoms with van der Waals surface area (Å²) in [7, 11) is 0. The minimum atomic E-state index is -0.684. The minimum absolute atomic E-state index is 0.0227. The van der Waals surface area contributed by atoms with Crippen LogP contribution in [0.5, 0.6) is 0 Å². The quantitative estimate of drug-likeness (QED) is 0.0908. The largest absolute Gasteiger partial charge is 0.444 e. The summed E-state index contributed by atoms with van der Waals surface area (Å²) in [5, 5.41) is 8.92. The lowest BCUT2D eigenvalue weighted by Crippen LogP contribution is -2.52. The van der Waals surface area contributed by atoms with Gasteiger partial charge in [-0.15, -0.1) is 0 Å². The number of hydrogen-bond acceptors (Lipinski definition) is 8. The van der Waals surface area contributed by atoms with Crippen LogP contribution in [0.3, 0.4) is 0 Å². The summed E-state index contributed by atoms with van der Waals surface area (Å²) in [5.74, 6) is 5.20. The second kappa shape index (κ2) is 13.7. The van der Waals surface area contributed by atoms with Gasteiger partial charge in [-0.1, -0.05) is 23.0 Å². The van der Waals surface area contributed by atoms with Crippen molar-refractivity contribution >= 4 is 23.8 Å². The van der Waals surface area contributed by atoms with Crippen molar-refractivity contribution in [2.45, 2.75) is 83.3 Å². The number of alkyl carbamates (subject to hydrolysis) is 1. The van der Waals surface area contributed by atoms with Crippen molar-refractivity contribution in [3.63, 3.8) is 0 Å². The Kier molecular flexibility index (Phi) is 10.1. The van der Waals surface area contributed by atoms with Gasteiger partial charge >= 0.3 is 6.09 Å². The van der Waals surface area contributed by atoms with E-state index in [2.05, 4.69) is 37.4 Å². The molecule has 0 radical (unpaired) electrons. The molecular weight excluding hydrogens is 542 g/mol. The summed E-state index contributed by atoms with van der Waals surface area (Å²) in [6.45, 7) is 7.74. The number of imide groups is 1. The van der Waals surface area contributed by atoms with Gasteiger partial charge in [-0.05, 0) is 76.4 Å². The summed E-state index contributed by atoms with van der Waals surface area (Å²) in [6.07, 6.45) is 1.14. The van der Waals surface area contributed by atoms with Crippen LogP contribution in [0.25, 0.3) is 10.4 Å². The molecule has 4 rings (SSSR count). The number of fused-ring (bicyclic) bond motifs is 1. The van der Waals surface area contributed by atoms with Crippen molar-refractivity contribution in [2.24, 2.45) is 5.11 Å². The molecule has 2 N–H and O–H groups in total. The van der Waals surface area contributed by atoms with Crippen molar-refractivity contribution in [3.05, 3.63) is 45.3 Å². The zero-order chi connectivity index (χ0) is 30.3. The third-order valence-corrected chi connectivity index (χ3v) is 7.23. The number of nitrogens with zero attached hydrogens (tertiary/aromatic N) is 5. The fourth-order valence-corrected chi connectivity index (χ4v) is 5.22. The van der Waals surface area contributed by atoms with E-state index in [0.29, 0.717) is 43.6 Å². The highest BCUT2D eigenvalue weighted by Gasteiger charge is 2.39. The van der Waals surface area contributed by atoms with Crippen LogP contribution < -0.4 is 10.6 Å². The Balaban J connectivity index is 1.35. The number of azide groups is 1. The third-order valence-electron chi connectivity index (χ3n) is 7.23. The highest BCUT2D eigenvalue weighted by Crippen LogP contribution is 2.29. The topological polar surface area (TPSA) is 166 Å². The Morgan fingerprint density at radius 3 is 2.69 bits per heavy atom. The number of amides is 4. The van der Waals surface area contributed by atoms with E-state index in [1.54, 1.807) is 32.9 Å². The Hall–Kier alpha value is -4.11. The second-order valence-corrected chi connectivity index (χ2v) is 11.5. The molecule has 0 aliphatic carbocycles. The van der Waals surface area contributed by atoms with Crippen molar-refractivity contribution in [1.29, 1.82) is 0 Å². The molecule has 2 fully saturated rings. The van der Waals surface area contributed by atoms with E-state index in [1.165, 1.54) is 4.90 Å². The lowest BCUT2D eigenvalue weighted by atomic mass is 10.0. The van der Waals surface area contributed by atoms with Crippen LogP contribution in [0.15, 0.2) is 23.3 Å². The number of carbonyl (C=O) groups is 4. The highest BCUT2D eigenvalue weighted by molar-refractivity contribution is 6.05. The van der Waals surface area contributed by atoms with Gasteiger partial charge in [0.05, 0.1) is 6.61 Å². The average Bonchev–Trinajstić information content (AvgIpc) is 3.25. The fourth-order valence-electron chi connectivity index (χ4n) is 5.22. The zero-order valence-electron chi connectivity index (χ0n) is 24.2. The summed E-state index contributed by atoms with van der Waals surface area (Å²) in [4.78, 5) is 55.9. The first-order valence-corrected chi connectivity index (χ1v) is 14.2. The van der Waals surface area contributed by atoms with E-state index in [0.717, 1.165) is 18.4 Å². The van der Waals surface area contributed by atoms with Crippen LogP contribution in [0.4, 0.5) is 4.79 Å². The number of rotatable bonds is 8. The van der Waals surface area contributed by atoms with Crippen molar-refractivity contribution in [3.8, 4) is 11.8 Å². The van der Waals surface area contributed by atoms with Crippen LogP contribution in [0, 0.1) is 11.8 Å². The predicted molar refractivity (Wildman–Crippen MR) is 152 cm³/mol. The minimum Gasteiger partial charge on any atom is -0.444 e. The van der Waals surface area contributed by atoms with Crippen LogP contribution in [-0.2, 0) is 25.6 Å². The SMILES string of the molecule is CC(C)(C)OC(=O)N[C@@H](CN1CCC(N=[N+]=[N-])CC1)OCCC#Cc1cccc2c1CN(C1CCC(=O)NC1=O)C2=O. The molecule has 2 saturated heterocycles. The summed E-state index contributed by atoms with van der Waals surface area (Å²) >= 11 is 0. The fraction of sp³-hybridized carbons (Fsp3) is 0.586. The Morgan fingerprint density at radius 2 is 2.00 bits per heavy atom. The van der Waals surface area contributed by atoms with E-state index < -0.39 is 29.9 Å². The maximum absolute atomic E-state index is 13.0. The molecule has 0 bridgehead atoms. The molecule has 4 amide bonds. The number of benzene rings is 1. The Bertz CT molecular complexity index is 1320. The van der Waals surface area contributed by atoms with Gasteiger partial charge in [-0.25, -0.2) is 4.79 Å². The van der Waals surface area contributed by atoms with Gasteiger partial charge in [0, 0.05) is 48.0 Å². The molecule has 13 heteroatoms. The van der Waals surface area contributed by atoms with Crippen molar-refractivity contribution in [2.75, 3.05) is 26.2 Å². The zero-order valence-corrected chi connectivity index (χ0v) is 24.2. The lowest BCUT2D eigenvalue weighted by Gasteiger charge is -2.33. The number of hydrogen-bond donors (Lipinski definition) is 2. The van der Waals surface area contributed by atoms with Gasteiger partial charge in [0.15, 0.2) is 0 Å². The lowest BCUT2D eigenvalue weighted by molar-refractivity contribution is -0.136. The molecule has 0 spiro atoms. The van der Waals surface area contributed by atoms with Crippen molar-refractivity contribution < 1.29 is 28.7 Å². The monoisotopic (exact) mass is 579 g/mol. The molecule has 224 valence electrons. The number of piperidine rings is 2. The number of likely N-dealkylation sites (tertiary alicyclic amines) is 1. The van der Waals surface area contributed by atoms with Crippen LogP contribution >= 0.6 is 0 Å². The Labute approximate surface area is 244 Å². The molecule has 0 saturated carbocycles. The molecule has 13 nitrogen and oxygen atoms in total. The third kappa shape index (κ3) is 8.22. The van der Waals surface area contributed by atoms with Crippen LogP contribution in [0.2, 0.25) is 0 Å². The smallest absolute Gasteiger partial charge is 0.409 e. The molecule has 1 aromatic carbocycles. The number of nitrogens with one attached hydrogen (secondary N) is 2. The molecule has 3 aliphatic rings. The average molecular weight is 580 g/mol. The normalized spacial score (nSPS) is 20.1. The molecule has 3 heterocycles. The van der Waals surface area contributed by atoms with Crippen molar-refractivity contribution in [1.82, 2.24) is 20.4 Å². The second-order valence-electron chi connectivity index (χ2n) is 11.5. The van der Waals surface area contributed by atoms with Gasteiger partial charge in [-0.2, -0.15) is 0 Å². The standard InChI is InChI=1S/C29H37N7O6/c1-29(2,3)42-28(40)32-25(18-35-14-12-20(13-15-35)33-34-30)41-16-5-4-7-19-8-6-9-21-22(19)17-36(27(21)39)23-10-11-24(37)31-26(23)38/h6,8-9,20,23,25H,5,10-18H2,1-3H3,(H,32,40)(H,31,37,38)/t23?,25-/m1/s1. The number of carbonyl (C=O) groups excluding carboxylic acids is 4. The van der Waals surface area contributed by atoms with E-state index >= 15 is 0 Å². The predicted octanol–water partition coefficient (Wildman–Crippen LogP) is 2.83. The van der Waals surface area contributed by atoms with E-state index in [4.69, 9.17) is 15.0 Å². The van der Waals surface area contributed by atoms with E-state index in [-0.39, 0.29) is 37.4 Å². The molecule has 0 aromatic heterocycles. The van der Waals surface area contributed by atoms with Gasteiger partial charge in [-0.3, -0.25) is 29.9 Å². The maximum atomic E-state index is 13.0. The summed E-state index contributed by atoms with van der Waals surface area (Å²) in [5.41, 5.74) is 10.00. The first-order valence-electron chi connectivity index (χ1n) is 14.2. The van der Waals surface area contributed by atoms with Gasteiger partial charge in [0.2, 0.25) is 11.8 Å². The van der Waals surface area contributed by atoms with Crippen LogP contribution in [-0.4, -0.2) is 83.8 Å². The maximum Gasteiger partial charge on any atom is 0.409 e. The van der Waals surface area contributed by atoms with E-state index in [1.807, 2.05) is 6.07 Å². The summed E-state index contributed by atoms with van der Waals surface area (Å²) < 4.78 is 11.4. The van der Waals surface area contributed by atoms with Crippen LogP contribution in [0.1, 0.15) is 74.4 Å². The summed E-state index contributed by atoms with van der Waals surface area (Å²) in [6, 6.07) is 4.61. The molecular formula is C29H37N7O6.